The summed E-state index contributed by atoms with van der Waals surface area (Å²) < 4.78 is 6.55. The van der Waals surface area contributed by atoms with Crippen LogP contribution in [0.3, 0.4) is 0 Å². The van der Waals surface area contributed by atoms with Crippen LogP contribution in [0.25, 0.3) is 22.1 Å². The molecule has 0 bridgehead atoms. The summed E-state index contributed by atoms with van der Waals surface area (Å²) in [6, 6.07) is 21.5. The lowest BCUT2D eigenvalue weighted by Gasteiger charge is -2.07. The van der Waals surface area contributed by atoms with Crippen LogP contribution >= 0.6 is 21.6 Å². The second kappa shape index (κ2) is 12.5. The van der Waals surface area contributed by atoms with Gasteiger partial charge in [0.15, 0.2) is 12.4 Å². The molecule has 0 aliphatic heterocycles. The summed E-state index contributed by atoms with van der Waals surface area (Å²) in [5.41, 5.74) is 4.06. The van der Waals surface area contributed by atoms with Gasteiger partial charge in [-0.05, 0) is 36.4 Å². The maximum absolute atomic E-state index is 12.5. The van der Waals surface area contributed by atoms with Crippen molar-refractivity contribution in [2.45, 2.75) is 29.9 Å². The van der Waals surface area contributed by atoms with E-state index in [1.165, 1.54) is 18.3 Å². The molecule has 212 valence electrons. The van der Waals surface area contributed by atoms with Crippen molar-refractivity contribution in [3.8, 4) is 0 Å². The number of hydrogen-bond acceptors (Lipinski definition) is 10. The number of nitrogens with zero attached hydrogens (tertiary/aromatic N) is 4. The van der Waals surface area contributed by atoms with Crippen molar-refractivity contribution in [2.24, 2.45) is 0 Å². The van der Waals surface area contributed by atoms with Crippen LogP contribution in [-0.2, 0) is 34.3 Å². The molecule has 0 radical (unpaired) electrons. The van der Waals surface area contributed by atoms with Gasteiger partial charge in [-0.3, -0.25) is 0 Å². The van der Waals surface area contributed by atoms with E-state index in [-0.39, 0.29) is 25.4 Å². The van der Waals surface area contributed by atoms with E-state index in [1.54, 1.807) is 12.1 Å². The molecule has 12 nitrogen and oxygen atoms in total. The van der Waals surface area contributed by atoms with Crippen molar-refractivity contribution in [1.29, 1.82) is 0 Å². The molecule has 42 heavy (non-hydrogen) atoms. The third kappa shape index (κ3) is 6.47. The molecule has 0 saturated heterocycles. The number of esters is 1. The average Bonchev–Trinajstić information content (AvgIpc) is 3.61. The summed E-state index contributed by atoms with van der Waals surface area (Å²) in [5, 5.41) is 25.7. The van der Waals surface area contributed by atoms with Gasteiger partial charge in [-0.15, -0.1) is 0 Å². The maximum Gasteiger partial charge on any atom is 0.344 e. The van der Waals surface area contributed by atoms with E-state index >= 15 is 0 Å². The maximum atomic E-state index is 12.5. The Bertz CT molecular complexity index is 1810. The number of carbonyl (C=O) groups excluding carboxylic acids is 1. The van der Waals surface area contributed by atoms with Crippen LogP contribution in [-0.4, -0.2) is 25.9 Å². The van der Waals surface area contributed by atoms with Crippen molar-refractivity contribution < 1.29 is 28.8 Å². The van der Waals surface area contributed by atoms with Gasteiger partial charge in [-0.2, -0.15) is 9.46 Å². The predicted molar refractivity (Wildman–Crippen MR) is 153 cm³/mol. The quantitative estimate of drug-likeness (QED) is 0.0411. The van der Waals surface area contributed by atoms with Crippen LogP contribution in [0.1, 0.15) is 27.6 Å². The number of imidazole rings is 2. The van der Waals surface area contributed by atoms with Gasteiger partial charge < -0.3 is 25.1 Å². The molecule has 6 aromatic rings. The van der Waals surface area contributed by atoms with Crippen molar-refractivity contribution in [3.05, 3.63) is 118 Å². The zero-order valence-corrected chi connectivity index (χ0v) is 23.4. The Balaban J connectivity index is 0.974. The fourth-order valence-corrected chi connectivity index (χ4v) is 5.93. The fraction of sp³-hybridized carbons (Fsp3) is 0.107. The summed E-state index contributed by atoms with van der Waals surface area (Å²) in [7, 11) is 2.19. The Labute approximate surface area is 246 Å². The van der Waals surface area contributed by atoms with E-state index in [0.717, 1.165) is 49.9 Å². The summed E-state index contributed by atoms with van der Waals surface area (Å²) in [5.74, 6) is 0.477. The van der Waals surface area contributed by atoms with Crippen molar-refractivity contribution in [3.63, 3.8) is 0 Å². The molecule has 6 rings (SSSR count). The van der Waals surface area contributed by atoms with E-state index in [2.05, 4.69) is 19.9 Å². The molecule has 0 fully saturated rings. The molecule has 14 heteroatoms. The van der Waals surface area contributed by atoms with Gasteiger partial charge in [0.2, 0.25) is 0 Å². The van der Waals surface area contributed by atoms with Crippen molar-refractivity contribution in [2.75, 3.05) is 0 Å². The Hall–Kier alpha value is -4.63. The highest BCUT2D eigenvalue weighted by Gasteiger charge is 2.18. The van der Waals surface area contributed by atoms with Crippen LogP contribution in [0.4, 0.5) is 0 Å². The normalized spacial score (nSPS) is 11.3. The zero-order chi connectivity index (χ0) is 28.9. The number of carbonyl (C=O) groups is 1. The van der Waals surface area contributed by atoms with Crippen molar-refractivity contribution >= 4 is 49.6 Å². The van der Waals surface area contributed by atoms with Crippen LogP contribution in [0, 0.1) is 10.4 Å². The summed E-state index contributed by atoms with van der Waals surface area (Å²) >= 11 is 0. The molecule has 0 aliphatic rings. The van der Waals surface area contributed by atoms with E-state index in [4.69, 9.17) is 14.5 Å². The summed E-state index contributed by atoms with van der Waals surface area (Å²) in [6.07, 6.45) is 2.51. The number of ether oxygens (including phenoxy) is 1. The largest absolute Gasteiger partial charge is 0.618 e. The molecule has 0 atom stereocenters. The topological polar surface area (TPSA) is 156 Å². The van der Waals surface area contributed by atoms with Gasteiger partial charge in [0.25, 0.3) is 10.1 Å². The molecule has 2 N–H and O–H groups in total. The molecule has 4 aromatic heterocycles. The monoisotopic (exact) mass is 602 g/mol. The minimum Gasteiger partial charge on any atom is -0.618 e. The fourth-order valence-electron chi connectivity index (χ4n) is 3.97. The molecule has 0 saturated carbocycles. The standard InChI is InChI=1S/C28H22N6O6S2/c35-28(38-16-24-29-20-5-1-2-6-21(20)30-24)19-10-12-27(34(37)14-19)42-41-26-11-9-18(13-33(26)36)15-39-40-17-25-31-22-7-3-4-8-23(22)32-25/h1-14H,15-17H2,(H,29,30)(H,31,32). The molecule has 0 aliphatic carbocycles. The molecule has 0 unspecified atom stereocenters. The average molecular weight is 603 g/mol. The number of benzene rings is 2. The zero-order valence-electron chi connectivity index (χ0n) is 21.8. The summed E-state index contributed by atoms with van der Waals surface area (Å²) in [6.45, 7) is 0.134. The van der Waals surface area contributed by atoms with Gasteiger partial charge in [-0.25, -0.2) is 24.5 Å². The van der Waals surface area contributed by atoms with Gasteiger partial charge in [0.1, 0.15) is 37.0 Å². The number of fused-ring (bicyclic) bond motifs is 2. The molecule has 2 aromatic carbocycles. The molecule has 0 spiro atoms. The van der Waals surface area contributed by atoms with Gasteiger partial charge >= 0.3 is 5.97 Å². The van der Waals surface area contributed by atoms with Crippen LogP contribution in [0.15, 0.2) is 95.2 Å². The molecular weight excluding hydrogens is 580 g/mol. The van der Waals surface area contributed by atoms with E-state index in [9.17, 15) is 15.2 Å². The van der Waals surface area contributed by atoms with E-state index in [0.29, 0.717) is 36.7 Å². The first-order chi connectivity index (χ1) is 20.5. The number of nitrogens with one attached hydrogen (secondary N) is 2. The van der Waals surface area contributed by atoms with Gasteiger partial charge in [-0.1, -0.05) is 24.3 Å². The number of aromatic amines is 2. The number of rotatable bonds is 11. The lowest BCUT2D eigenvalue weighted by Crippen LogP contribution is -2.30. The second-order valence-corrected chi connectivity index (χ2v) is 11.1. The number of pyridine rings is 2. The van der Waals surface area contributed by atoms with Crippen LogP contribution < -0.4 is 9.46 Å². The first-order valence-corrected chi connectivity index (χ1v) is 14.8. The Kier molecular flexibility index (Phi) is 8.18. The number of aromatic nitrogens is 6. The van der Waals surface area contributed by atoms with Crippen LogP contribution in [0.2, 0.25) is 0 Å². The minimum absolute atomic E-state index is 0.0589. The van der Waals surface area contributed by atoms with Gasteiger partial charge in [0.05, 0.1) is 22.1 Å². The van der Waals surface area contributed by atoms with E-state index in [1.807, 2.05) is 48.5 Å². The highest BCUT2D eigenvalue weighted by atomic mass is 33.1. The number of hydrogen-bond donors (Lipinski definition) is 2. The lowest BCUT2D eigenvalue weighted by atomic mass is 10.3. The summed E-state index contributed by atoms with van der Waals surface area (Å²) in [4.78, 5) is 37.9. The number of para-hydroxylation sites is 4. The molecular formula is C28H22N6O6S2. The van der Waals surface area contributed by atoms with Gasteiger partial charge in [0, 0.05) is 39.3 Å². The molecule has 0 amide bonds. The molecule has 4 heterocycles. The van der Waals surface area contributed by atoms with Crippen molar-refractivity contribution in [1.82, 2.24) is 19.9 Å². The van der Waals surface area contributed by atoms with E-state index < -0.39 is 5.97 Å². The Morgan fingerprint density at radius 3 is 1.90 bits per heavy atom. The minimum atomic E-state index is -0.652. The highest BCUT2D eigenvalue weighted by Crippen LogP contribution is 2.33. The predicted octanol–water partition coefficient (Wildman–Crippen LogP) is 4.51. The number of H-pyrrole nitrogens is 2. The Morgan fingerprint density at radius 1 is 0.714 bits per heavy atom. The second-order valence-electron chi connectivity index (χ2n) is 8.95. The lowest BCUT2D eigenvalue weighted by molar-refractivity contribution is -0.646. The smallest absolute Gasteiger partial charge is 0.344 e. The SMILES string of the molecule is O=C(OCc1nc2ccccc2[nH]1)c1ccc(SSc2ccc(COOCc3nc4ccccc4[nH]3)c[n+]2[O-])[n+]([O-])c1. The third-order valence-electron chi connectivity index (χ3n) is 5.99. The highest BCUT2D eigenvalue weighted by molar-refractivity contribution is 8.76. The van der Waals surface area contributed by atoms with Crippen LogP contribution in [0.5, 0.6) is 0 Å². The first-order valence-electron chi connectivity index (χ1n) is 12.6. The third-order valence-corrected chi connectivity index (χ3v) is 8.32. The first kappa shape index (κ1) is 27.5. The Morgan fingerprint density at radius 2 is 1.29 bits per heavy atom.